The molecule has 0 amide bonds. The molecule has 0 saturated heterocycles. The molecule has 0 heterocycles. The van der Waals surface area contributed by atoms with Crippen LogP contribution in [0.2, 0.25) is 0 Å². The van der Waals surface area contributed by atoms with Crippen LogP contribution in [0.4, 0.5) is 48.3 Å². The highest BCUT2D eigenvalue weighted by molar-refractivity contribution is 8.21. The van der Waals surface area contributed by atoms with Crippen LogP contribution in [0.15, 0.2) is 0 Å². The van der Waals surface area contributed by atoms with Gasteiger partial charge in [0.1, 0.15) is 0 Å². The van der Waals surface area contributed by atoms with Crippen LogP contribution in [-0.2, 0) is 0 Å². The summed E-state index contributed by atoms with van der Waals surface area (Å²) in [5.41, 5.74) is -4.28. The molecule has 0 aliphatic rings. The van der Waals surface area contributed by atoms with Crippen LogP contribution in [0.1, 0.15) is 27.7 Å². The number of rotatable bonds is 1. The third-order valence-electron chi connectivity index (χ3n) is 1.26. The Morgan fingerprint density at radius 3 is 0.960 bits per heavy atom. The molecule has 1 unspecified atom stereocenters. The minimum absolute atomic E-state index is 0. The first-order chi connectivity index (χ1) is 10.0. The average Bonchev–Trinajstić information content (AvgIpc) is 2.21. The maximum atomic E-state index is 11.4. The van der Waals surface area contributed by atoms with Crippen LogP contribution in [0.3, 0.4) is 0 Å². The molecule has 25 heavy (non-hydrogen) atoms. The molecule has 0 aliphatic heterocycles. The topological polar surface area (TPSA) is 0 Å². The van der Waals surface area contributed by atoms with Crippen molar-refractivity contribution in [1.82, 2.24) is 0 Å². The third kappa shape index (κ3) is 92.8. The molecule has 0 spiro atoms. The molecular formula is C9H13Cl4F11S. The van der Waals surface area contributed by atoms with Gasteiger partial charge in [0.2, 0.25) is 0 Å². The van der Waals surface area contributed by atoms with Crippen molar-refractivity contribution >= 4 is 56.5 Å². The fourth-order valence-corrected chi connectivity index (χ4v) is 0.231. The van der Waals surface area contributed by atoms with Crippen molar-refractivity contribution in [3.05, 3.63) is 0 Å². The molecule has 0 saturated carbocycles. The fourth-order valence-electron chi connectivity index (χ4n) is 0.231. The first-order valence-electron chi connectivity index (χ1n) is 4.99. The summed E-state index contributed by atoms with van der Waals surface area (Å²) in [5, 5.41) is 0. The molecule has 0 aromatic carbocycles. The van der Waals surface area contributed by atoms with E-state index in [1.54, 1.807) is 0 Å². The highest BCUT2D eigenvalue weighted by Gasteiger charge is 2.34. The molecule has 16 heteroatoms. The lowest BCUT2D eigenvalue weighted by Gasteiger charge is -2.11. The van der Waals surface area contributed by atoms with Crippen LogP contribution in [0, 0.1) is 5.92 Å². The SMILES string of the molecule is C.CCC(C)C(F)(F)F.FC(Cl)(Cl)Cl.FC(F)(F)F.FC(F)(F)SCl. The summed E-state index contributed by atoms with van der Waals surface area (Å²) >= 11 is 13.2. The van der Waals surface area contributed by atoms with Crippen molar-refractivity contribution in [3.8, 4) is 0 Å². The lowest BCUT2D eigenvalue weighted by atomic mass is 10.1. The smallest absolute Gasteiger partial charge is 0.189 e. The van der Waals surface area contributed by atoms with Crippen LogP contribution in [0.5, 0.6) is 0 Å². The monoisotopic (exact) mass is 502 g/mol. The van der Waals surface area contributed by atoms with Crippen molar-refractivity contribution in [3.63, 3.8) is 0 Å². The minimum Gasteiger partial charge on any atom is -0.189 e. The summed E-state index contributed by atoms with van der Waals surface area (Å²) in [5.74, 6) is -1.15. The summed E-state index contributed by atoms with van der Waals surface area (Å²) in [4.78, 5) is 0. The van der Waals surface area contributed by atoms with E-state index in [1.165, 1.54) is 13.8 Å². The Balaban J connectivity index is -0.0000000717. The molecule has 0 fully saturated rings. The van der Waals surface area contributed by atoms with E-state index in [0.717, 1.165) is 0 Å². The first-order valence-corrected chi connectivity index (χ1v) is 7.76. The maximum absolute atomic E-state index is 11.4. The molecule has 0 nitrogen and oxygen atoms in total. The van der Waals surface area contributed by atoms with E-state index in [1.807, 2.05) is 0 Å². The molecule has 1 atom stereocenters. The van der Waals surface area contributed by atoms with Crippen LogP contribution >= 0.6 is 56.5 Å². The van der Waals surface area contributed by atoms with Gasteiger partial charge in [0, 0.05) is 0 Å². The Morgan fingerprint density at radius 1 is 0.800 bits per heavy atom. The van der Waals surface area contributed by atoms with Crippen molar-refractivity contribution < 1.29 is 48.3 Å². The second kappa shape index (κ2) is 15.8. The molecule has 0 aromatic rings. The van der Waals surface area contributed by atoms with Gasteiger partial charge in [-0.05, 0) is 51.9 Å². The molecule has 0 aliphatic carbocycles. The Labute approximate surface area is 160 Å². The normalized spacial score (nSPS) is 12.8. The molecular weight excluding hydrogens is 491 g/mol. The van der Waals surface area contributed by atoms with Gasteiger partial charge in [-0.1, -0.05) is 21.3 Å². The summed E-state index contributed by atoms with van der Waals surface area (Å²) in [6, 6.07) is 0. The molecule has 0 rings (SSSR count). The number of alkyl halides is 14. The molecule has 160 valence electrons. The summed E-state index contributed by atoms with van der Waals surface area (Å²) in [6.45, 7) is 2.71. The maximum Gasteiger partial charge on any atom is 0.559 e. The van der Waals surface area contributed by atoms with Crippen LogP contribution < -0.4 is 0 Å². The summed E-state index contributed by atoms with van der Waals surface area (Å²) < 4.78 is 113. The van der Waals surface area contributed by atoms with E-state index in [0.29, 0.717) is 0 Å². The van der Waals surface area contributed by atoms with Crippen molar-refractivity contribution in [1.29, 1.82) is 0 Å². The van der Waals surface area contributed by atoms with E-state index in [9.17, 15) is 48.3 Å². The largest absolute Gasteiger partial charge is 0.559 e. The van der Waals surface area contributed by atoms with E-state index in [-0.39, 0.29) is 13.8 Å². The van der Waals surface area contributed by atoms with E-state index >= 15 is 0 Å². The summed E-state index contributed by atoms with van der Waals surface area (Å²) in [6.07, 6.45) is -9.32. The molecule has 0 bridgehead atoms. The second-order valence-corrected chi connectivity index (χ2v) is 6.45. The third-order valence-corrected chi connectivity index (χ3v) is 1.96. The van der Waals surface area contributed by atoms with Crippen molar-refractivity contribution in [2.75, 3.05) is 0 Å². The fraction of sp³-hybridized carbons (Fsp3) is 1.00. The van der Waals surface area contributed by atoms with Gasteiger partial charge < -0.3 is 0 Å². The zero-order valence-corrected chi connectivity index (χ0v) is 15.2. The highest BCUT2D eigenvalue weighted by atomic mass is 35.7. The van der Waals surface area contributed by atoms with Gasteiger partial charge in [0.05, 0.1) is 16.9 Å². The Bertz CT molecular complexity index is 261. The lowest BCUT2D eigenvalue weighted by Crippen LogP contribution is -2.18. The highest BCUT2D eigenvalue weighted by Crippen LogP contribution is 2.32. The zero-order chi connectivity index (χ0) is 21.0. The molecule has 0 aromatic heterocycles. The van der Waals surface area contributed by atoms with Crippen molar-refractivity contribution in [2.24, 2.45) is 5.92 Å². The Morgan fingerprint density at radius 2 is 0.960 bits per heavy atom. The van der Waals surface area contributed by atoms with Gasteiger partial charge >= 0.3 is 22.2 Å². The lowest BCUT2D eigenvalue weighted by molar-refractivity contribution is -0.237. The van der Waals surface area contributed by atoms with Gasteiger partial charge in [-0.3, -0.25) is 0 Å². The van der Waals surface area contributed by atoms with Gasteiger partial charge in [0.15, 0.2) is 0 Å². The summed E-state index contributed by atoms with van der Waals surface area (Å²) in [7, 11) is 3.62. The Hall–Kier alpha value is 0.740. The van der Waals surface area contributed by atoms with E-state index in [4.69, 9.17) is 0 Å². The van der Waals surface area contributed by atoms with Gasteiger partial charge in [-0.25, -0.2) is 0 Å². The average molecular weight is 504 g/mol. The van der Waals surface area contributed by atoms with Gasteiger partial charge in [-0.2, -0.15) is 30.7 Å². The Kier molecular flexibility index (Phi) is 23.1. The molecule has 0 N–H and O–H groups in total. The van der Waals surface area contributed by atoms with Crippen LogP contribution in [-0.4, -0.2) is 22.2 Å². The van der Waals surface area contributed by atoms with Crippen LogP contribution in [0.25, 0.3) is 0 Å². The van der Waals surface area contributed by atoms with Crippen molar-refractivity contribution in [2.45, 2.75) is 49.9 Å². The van der Waals surface area contributed by atoms with Gasteiger partial charge in [-0.15, -0.1) is 17.6 Å². The predicted molar refractivity (Wildman–Crippen MR) is 80.3 cm³/mol. The number of halogens is 15. The second-order valence-electron chi connectivity index (χ2n) is 3.23. The first kappa shape index (κ1) is 36.6. The number of hydrogen-bond acceptors (Lipinski definition) is 1. The number of hydrogen-bond donors (Lipinski definition) is 0. The van der Waals surface area contributed by atoms with E-state index in [2.05, 4.69) is 45.5 Å². The zero-order valence-electron chi connectivity index (χ0n) is 11.4. The quantitative estimate of drug-likeness (QED) is 0.253. The van der Waals surface area contributed by atoms with E-state index < -0.39 is 39.1 Å². The predicted octanol–water partition coefficient (Wildman–Crippen LogP) is 9.38. The standard InChI is InChI=1S/C5H9F3.CCl3F.CClF3S.CF4.CH4/c1-3-4(2)5(6,7)8;2-1(3,4)5;2-6-1(3,4)5;2-1(3,4)5;/h4H,3H2,1-2H3;;;;1H4. The van der Waals surface area contributed by atoms with Gasteiger partial charge in [0.25, 0.3) is 0 Å². The minimum atomic E-state index is -5.50. The molecule has 0 radical (unpaired) electrons.